The monoisotopic (exact) mass is 230 g/mol. The largest absolute Gasteiger partial charge is 0.379 e. The zero-order valence-electron chi connectivity index (χ0n) is 9.24. The van der Waals surface area contributed by atoms with Gasteiger partial charge in [-0.15, -0.1) is 0 Å². The second-order valence-electron chi connectivity index (χ2n) is 4.24. The van der Waals surface area contributed by atoms with Crippen LogP contribution in [0.4, 0.5) is 0 Å². The number of nitrogens with two attached hydrogens (primary N) is 1. The Morgan fingerprint density at radius 1 is 1.38 bits per heavy atom. The Labute approximate surface area is 94.4 Å². The van der Waals surface area contributed by atoms with Gasteiger partial charge in [0.15, 0.2) is 0 Å². The SMILES string of the molecule is NC1(C(=O)NCC2COCCO2)CCOC1. The summed E-state index contributed by atoms with van der Waals surface area (Å²) < 4.78 is 15.8. The fraction of sp³-hybridized carbons (Fsp3) is 0.900. The quantitative estimate of drug-likeness (QED) is 0.625. The summed E-state index contributed by atoms with van der Waals surface area (Å²) in [6.07, 6.45) is 0.504. The second kappa shape index (κ2) is 5.09. The number of hydrogen-bond donors (Lipinski definition) is 2. The molecule has 2 aliphatic rings. The van der Waals surface area contributed by atoms with Crippen molar-refractivity contribution in [1.82, 2.24) is 5.32 Å². The van der Waals surface area contributed by atoms with Crippen LogP contribution in [-0.2, 0) is 19.0 Å². The molecule has 0 radical (unpaired) electrons. The molecule has 2 saturated heterocycles. The maximum atomic E-state index is 11.8. The van der Waals surface area contributed by atoms with Gasteiger partial charge in [-0.1, -0.05) is 0 Å². The molecule has 2 heterocycles. The second-order valence-corrected chi connectivity index (χ2v) is 4.24. The smallest absolute Gasteiger partial charge is 0.242 e. The van der Waals surface area contributed by atoms with E-state index in [4.69, 9.17) is 19.9 Å². The van der Waals surface area contributed by atoms with Gasteiger partial charge in [0.25, 0.3) is 0 Å². The first-order valence-corrected chi connectivity index (χ1v) is 5.55. The third-order valence-corrected chi connectivity index (χ3v) is 2.88. The van der Waals surface area contributed by atoms with Crippen LogP contribution in [0.3, 0.4) is 0 Å². The van der Waals surface area contributed by atoms with Crippen LogP contribution in [0.2, 0.25) is 0 Å². The van der Waals surface area contributed by atoms with Crippen molar-refractivity contribution in [3.05, 3.63) is 0 Å². The van der Waals surface area contributed by atoms with E-state index in [-0.39, 0.29) is 12.0 Å². The van der Waals surface area contributed by atoms with E-state index in [1.54, 1.807) is 0 Å². The summed E-state index contributed by atoms with van der Waals surface area (Å²) in [6, 6.07) is 0. The molecule has 0 saturated carbocycles. The van der Waals surface area contributed by atoms with E-state index >= 15 is 0 Å². The van der Waals surface area contributed by atoms with Gasteiger partial charge in [0, 0.05) is 13.2 Å². The van der Waals surface area contributed by atoms with Crippen molar-refractivity contribution >= 4 is 5.91 Å². The van der Waals surface area contributed by atoms with E-state index in [2.05, 4.69) is 5.32 Å². The molecule has 0 aromatic carbocycles. The van der Waals surface area contributed by atoms with Gasteiger partial charge in [0.1, 0.15) is 5.54 Å². The van der Waals surface area contributed by atoms with Crippen LogP contribution in [-0.4, -0.2) is 57.1 Å². The Bertz CT molecular complexity index is 247. The summed E-state index contributed by atoms with van der Waals surface area (Å²) >= 11 is 0. The highest BCUT2D eigenvalue weighted by Crippen LogP contribution is 2.15. The molecule has 0 aliphatic carbocycles. The number of carbonyl (C=O) groups is 1. The fourth-order valence-electron chi connectivity index (χ4n) is 1.80. The average molecular weight is 230 g/mol. The average Bonchev–Trinajstić information content (AvgIpc) is 2.76. The predicted octanol–water partition coefficient (Wildman–Crippen LogP) is -1.36. The lowest BCUT2D eigenvalue weighted by Gasteiger charge is -2.26. The van der Waals surface area contributed by atoms with E-state index in [1.165, 1.54) is 0 Å². The summed E-state index contributed by atoms with van der Waals surface area (Å²) in [6.45, 7) is 3.01. The maximum Gasteiger partial charge on any atom is 0.242 e. The minimum Gasteiger partial charge on any atom is -0.379 e. The zero-order valence-corrected chi connectivity index (χ0v) is 9.24. The van der Waals surface area contributed by atoms with Crippen LogP contribution in [0.5, 0.6) is 0 Å². The zero-order chi connectivity index (χ0) is 11.4. The molecule has 0 spiro atoms. The first kappa shape index (κ1) is 11.8. The van der Waals surface area contributed by atoms with Crippen molar-refractivity contribution in [2.24, 2.45) is 5.73 Å². The lowest BCUT2D eigenvalue weighted by atomic mass is 9.99. The maximum absolute atomic E-state index is 11.8. The van der Waals surface area contributed by atoms with Crippen LogP contribution in [0, 0.1) is 0 Å². The van der Waals surface area contributed by atoms with Crippen LogP contribution in [0.15, 0.2) is 0 Å². The summed E-state index contributed by atoms with van der Waals surface area (Å²) in [5.41, 5.74) is 5.04. The number of ether oxygens (including phenoxy) is 3. The van der Waals surface area contributed by atoms with Gasteiger partial charge in [0.05, 0.1) is 32.5 Å². The standard InChI is InChI=1S/C10H18N2O4/c11-10(1-2-15-7-10)9(13)12-5-8-6-14-3-4-16-8/h8H,1-7,11H2,(H,12,13). The van der Waals surface area contributed by atoms with Crippen molar-refractivity contribution in [3.8, 4) is 0 Å². The molecule has 0 bridgehead atoms. The molecule has 0 aromatic rings. The normalized spacial score (nSPS) is 34.9. The summed E-state index contributed by atoms with van der Waals surface area (Å²) in [5.74, 6) is -0.167. The highest BCUT2D eigenvalue weighted by Gasteiger charge is 2.38. The molecular formula is C10H18N2O4. The highest BCUT2D eigenvalue weighted by molar-refractivity contribution is 5.86. The topological polar surface area (TPSA) is 82.8 Å². The lowest BCUT2D eigenvalue weighted by molar-refractivity contribution is -0.129. The number of amides is 1. The number of rotatable bonds is 3. The molecule has 0 aromatic heterocycles. The molecule has 2 atom stereocenters. The first-order valence-electron chi connectivity index (χ1n) is 5.55. The number of nitrogens with one attached hydrogen (secondary N) is 1. The molecule has 2 rings (SSSR count). The Morgan fingerprint density at radius 2 is 2.25 bits per heavy atom. The van der Waals surface area contributed by atoms with Crippen molar-refractivity contribution in [3.63, 3.8) is 0 Å². The van der Waals surface area contributed by atoms with Gasteiger partial charge in [-0.3, -0.25) is 4.79 Å². The molecule has 3 N–H and O–H groups in total. The van der Waals surface area contributed by atoms with Crippen molar-refractivity contribution in [2.75, 3.05) is 39.6 Å². The van der Waals surface area contributed by atoms with E-state index in [9.17, 15) is 4.79 Å². The van der Waals surface area contributed by atoms with Gasteiger partial charge < -0.3 is 25.3 Å². The van der Waals surface area contributed by atoms with E-state index in [1.807, 2.05) is 0 Å². The predicted molar refractivity (Wildman–Crippen MR) is 55.9 cm³/mol. The van der Waals surface area contributed by atoms with E-state index in [0.29, 0.717) is 46.0 Å². The molecule has 16 heavy (non-hydrogen) atoms. The summed E-state index contributed by atoms with van der Waals surface area (Å²) in [5, 5.41) is 2.79. The molecule has 2 fully saturated rings. The minimum atomic E-state index is -0.866. The summed E-state index contributed by atoms with van der Waals surface area (Å²) in [7, 11) is 0. The molecule has 6 nitrogen and oxygen atoms in total. The molecule has 2 aliphatic heterocycles. The Morgan fingerprint density at radius 3 is 2.88 bits per heavy atom. The van der Waals surface area contributed by atoms with Crippen LogP contribution >= 0.6 is 0 Å². The molecule has 6 heteroatoms. The third-order valence-electron chi connectivity index (χ3n) is 2.88. The van der Waals surface area contributed by atoms with Gasteiger partial charge in [-0.2, -0.15) is 0 Å². The molecule has 92 valence electrons. The Balaban J connectivity index is 1.74. The molecule has 2 unspecified atom stereocenters. The Kier molecular flexibility index (Phi) is 3.75. The van der Waals surface area contributed by atoms with Crippen molar-refractivity contribution in [1.29, 1.82) is 0 Å². The van der Waals surface area contributed by atoms with Crippen LogP contribution in [0.1, 0.15) is 6.42 Å². The third kappa shape index (κ3) is 2.70. The van der Waals surface area contributed by atoms with Gasteiger partial charge in [-0.25, -0.2) is 0 Å². The fourth-order valence-corrected chi connectivity index (χ4v) is 1.80. The minimum absolute atomic E-state index is 0.0661. The van der Waals surface area contributed by atoms with E-state index < -0.39 is 5.54 Å². The molecule has 1 amide bonds. The number of hydrogen-bond acceptors (Lipinski definition) is 5. The van der Waals surface area contributed by atoms with Gasteiger partial charge >= 0.3 is 0 Å². The lowest BCUT2D eigenvalue weighted by Crippen LogP contribution is -2.56. The highest BCUT2D eigenvalue weighted by atomic mass is 16.6. The van der Waals surface area contributed by atoms with Crippen molar-refractivity contribution in [2.45, 2.75) is 18.1 Å². The van der Waals surface area contributed by atoms with Gasteiger partial charge in [0.2, 0.25) is 5.91 Å². The van der Waals surface area contributed by atoms with Gasteiger partial charge in [-0.05, 0) is 6.42 Å². The van der Waals surface area contributed by atoms with Crippen LogP contribution in [0.25, 0.3) is 0 Å². The number of carbonyl (C=O) groups excluding carboxylic acids is 1. The van der Waals surface area contributed by atoms with E-state index in [0.717, 1.165) is 0 Å². The summed E-state index contributed by atoms with van der Waals surface area (Å²) in [4.78, 5) is 11.8. The Hall–Kier alpha value is -0.690. The van der Waals surface area contributed by atoms with Crippen LogP contribution < -0.4 is 11.1 Å². The molecular weight excluding hydrogens is 212 g/mol. The first-order chi connectivity index (χ1) is 7.71. The van der Waals surface area contributed by atoms with Crippen molar-refractivity contribution < 1.29 is 19.0 Å².